The summed E-state index contributed by atoms with van der Waals surface area (Å²) in [4.78, 5) is 13.5. The summed E-state index contributed by atoms with van der Waals surface area (Å²) in [5.74, 6) is -1.73. The molecule has 0 bridgehead atoms. The Morgan fingerprint density at radius 2 is 1.84 bits per heavy atom. The highest BCUT2D eigenvalue weighted by Gasteiger charge is 2.22. The third-order valence-electron chi connectivity index (χ3n) is 3.22. The lowest BCUT2D eigenvalue weighted by atomic mass is 10.1. The molecule has 1 heterocycles. The summed E-state index contributed by atoms with van der Waals surface area (Å²) in [6.45, 7) is 0.822. The molecule has 19 heavy (non-hydrogen) atoms. The zero-order valence-corrected chi connectivity index (χ0v) is 10.3. The molecular formula is C13H14F2N2O2. The third kappa shape index (κ3) is 3.07. The van der Waals surface area contributed by atoms with Crippen molar-refractivity contribution in [3.05, 3.63) is 35.4 Å². The number of carbonyl (C=O) groups is 1. The number of nitrogens with zero attached hydrogens (tertiary/aromatic N) is 2. The normalized spacial score (nSPS) is 15.5. The first-order valence-electron chi connectivity index (χ1n) is 6.02. The molecule has 0 radical (unpaired) electrons. The van der Waals surface area contributed by atoms with E-state index in [-0.39, 0.29) is 17.9 Å². The molecule has 0 unspecified atom stereocenters. The summed E-state index contributed by atoms with van der Waals surface area (Å²) in [5, 5.41) is 11.7. The minimum absolute atomic E-state index is 0.200. The Morgan fingerprint density at radius 3 is 2.37 bits per heavy atom. The molecule has 0 atom stereocenters. The van der Waals surface area contributed by atoms with Crippen LogP contribution < -0.4 is 0 Å². The second-order valence-corrected chi connectivity index (χ2v) is 4.42. The molecule has 1 aliphatic heterocycles. The van der Waals surface area contributed by atoms with Crippen LogP contribution in [0.2, 0.25) is 0 Å². The van der Waals surface area contributed by atoms with Gasteiger partial charge in [-0.25, -0.2) is 8.78 Å². The Bertz CT molecular complexity index is 487. The topological polar surface area (TPSA) is 52.9 Å². The van der Waals surface area contributed by atoms with Gasteiger partial charge in [0.05, 0.1) is 12.1 Å². The highest BCUT2D eigenvalue weighted by atomic mass is 19.1. The van der Waals surface area contributed by atoms with Gasteiger partial charge in [0, 0.05) is 31.5 Å². The average Bonchev–Trinajstić information content (AvgIpc) is 2.43. The zero-order chi connectivity index (χ0) is 13.8. The van der Waals surface area contributed by atoms with E-state index >= 15 is 0 Å². The number of hydrogen-bond donors (Lipinski definition) is 1. The minimum atomic E-state index is -0.706. The van der Waals surface area contributed by atoms with Crippen molar-refractivity contribution in [3.8, 4) is 0 Å². The van der Waals surface area contributed by atoms with E-state index in [0.717, 1.165) is 12.1 Å². The molecule has 0 saturated carbocycles. The lowest BCUT2D eigenvalue weighted by Crippen LogP contribution is -2.39. The highest BCUT2D eigenvalue weighted by molar-refractivity contribution is 5.87. The summed E-state index contributed by atoms with van der Waals surface area (Å²) in [5.41, 5.74) is 0.440. The Hall–Kier alpha value is -1.98. The van der Waals surface area contributed by atoms with Crippen LogP contribution >= 0.6 is 0 Å². The van der Waals surface area contributed by atoms with E-state index in [1.165, 1.54) is 11.0 Å². The number of benzene rings is 1. The Morgan fingerprint density at radius 1 is 1.26 bits per heavy atom. The van der Waals surface area contributed by atoms with Gasteiger partial charge in [0.15, 0.2) is 0 Å². The average molecular weight is 268 g/mol. The predicted molar refractivity (Wildman–Crippen MR) is 65.1 cm³/mol. The van der Waals surface area contributed by atoms with Crippen molar-refractivity contribution in [2.24, 2.45) is 5.16 Å². The van der Waals surface area contributed by atoms with Crippen LogP contribution in [0.25, 0.3) is 0 Å². The van der Waals surface area contributed by atoms with Crippen molar-refractivity contribution in [1.82, 2.24) is 4.90 Å². The van der Waals surface area contributed by atoms with E-state index in [1.54, 1.807) is 0 Å². The standard InChI is InChI=1S/C13H14F2N2O2/c14-11-2-1-3-12(15)10(11)8-13(18)17-6-4-9(16-19)5-7-17/h1-3,19H,4-8H2. The van der Waals surface area contributed by atoms with Crippen molar-refractivity contribution in [1.29, 1.82) is 0 Å². The maximum atomic E-state index is 13.4. The number of rotatable bonds is 2. The van der Waals surface area contributed by atoms with Crippen molar-refractivity contribution in [3.63, 3.8) is 0 Å². The first-order valence-corrected chi connectivity index (χ1v) is 6.02. The molecule has 6 heteroatoms. The quantitative estimate of drug-likeness (QED) is 0.658. The van der Waals surface area contributed by atoms with E-state index in [4.69, 9.17) is 5.21 Å². The third-order valence-corrected chi connectivity index (χ3v) is 3.22. The summed E-state index contributed by atoms with van der Waals surface area (Å²) in [6.07, 6.45) is 0.689. The fraction of sp³-hybridized carbons (Fsp3) is 0.385. The van der Waals surface area contributed by atoms with Gasteiger partial charge in [-0.1, -0.05) is 11.2 Å². The van der Waals surface area contributed by atoms with E-state index in [0.29, 0.717) is 31.6 Å². The number of carbonyl (C=O) groups excluding carboxylic acids is 1. The fourth-order valence-electron chi connectivity index (χ4n) is 2.08. The Balaban J connectivity index is 2.02. The monoisotopic (exact) mass is 268 g/mol. The number of piperidine rings is 1. The first kappa shape index (κ1) is 13.5. The summed E-state index contributed by atoms with van der Waals surface area (Å²) in [7, 11) is 0. The molecule has 102 valence electrons. The van der Waals surface area contributed by atoms with Crippen molar-refractivity contribution < 1.29 is 18.8 Å². The van der Waals surface area contributed by atoms with Gasteiger partial charge in [0.25, 0.3) is 0 Å². The largest absolute Gasteiger partial charge is 0.411 e. The summed E-state index contributed by atoms with van der Waals surface area (Å²) >= 11 is 0. The van der Waals surface area contributed by atoms with Gasteiger partial charge < -0.3 is 10.1 Å². The molecule has 1 saturated heterocycles. The van der Waals surface area contributed by atoms with Crippen LogP contribution in [0.4, 0.5) is 8.78 Å². The van der Waals surface area contributed by atoms with Gasteiger partial charge in [-0.2, -0.15) is 0 Å². The fourth-order valence-corrected chi connectivity index (χ4v) is 2.08. The molecule has 0 aliphatic carbocycles. The number of likely N-dealkylation sites (tertiary alicyclic amines) is 1. The van der Waals surface area contributed by atoms with Crippen molar-refractivity contribution in [2.45, 2.75) is 19.3 Å². The molecule has 1 aromatic carbocycles. The molecule has 1 N–H and O–H groups in total. The van der Waals surface area contributed by atoms with Gasteiger partial charge in [-0.15, -0.1) is 0 Å². The highest BCUT2D eigenvalue weighted by Crippen LogP contribution is 2.15. The van der Waals surface area contributed by atoms with Crippen molar-refractivity contribution >= 4 is 11.6 Å². The molecule has 0 spiro atoms. The van der Waals surface area contributed by atoms with Crippen LogP contribution in [0.5, 0.6) is 0 Å². The van der Waals surface area contributed by atoms with Crippen molar-refractivity contribution in [2.75, 3.05) is 13.1 Å². The van der Waals surface area contributed by atoms with Crippen LogP contribution in [0.1, 0.15) is 18.4 Å². The Kier molecular flexibility index (Phi) is 4.09. The molecule has 1 aromatic rings. The maximum Gasteiger partial charge on any atom is 0.227 e. The molecule has 1 amide bonds. The number of hydrogen-bond acceptors (Lipinski definition) is 3. The molecule has 4 nitrogen and oxygen atoms in total. The van der Waals surface area contributed by atoms with E-state index < -0.39 is 11.6 Å². The van der Waals surface area contributed by atoms with Crippen LogP contribution in [0.3, 0.4) is 0 Å². The van der Waals surface area contributed by atoms with Crippen LogP contribution in [0.15, 0.2) is 23.4 Å². The summed E-state index contributed by atoms with van der Waals surface area (Å²) < 4.78 is 26.9. The van der Waals surface area contributed by atoms with Gasteiger partial charge >= 0.3 is 0 Å². The zero-order valence-electron chi connectivity index (χ0n) is 10.3. The molecule has 1 aliphatic rings. The number of halogens is 2. The summed E-state index contributed by atoms with van der Waals surface area (Å²) in [6, 6.07) is 3.54. The molecule has 1 fully saturated rings. The second kappa shape index (κ2) is 5.77. The van der Waals surface area contributed by atoms with E-state index in [9.17, 15) is 13.6 Å². The molecule has 0 aromatic heterocycles. The van der Waals surface area contributed by atoms with E-state index in [2.05, 4.69) is 5.16 Å². The van der Waals surface area contributed by atoms with Crippen LogP contribution in [-0.4, -0.2) is 34.8 Å². The molecular weight excluding hydrogens is 254 g/mol. The van der Waals surface area contributed by atoms with Gasteiger partial charge in [-0.3, -0.25) is 4.79 Å². The van der Waals surface area contributed by atoms with Gasteiger partial charge in [0.2, 0.25) is 5.91 Å². The van der Waals surface area contributed by atoms with E-state index in [1.807, 2.05) is 0 Å². The lowest BCUT2D eigenvalue weighted by Gasteiger charge is -2.27. The SMILES string of the molecule is O=C(Cc1c(F)cccc1F)N1CCC(=NO)CC1. The van der Waals surface area contributed by atoms with Crippen LogP contribution in [-0.2, 0) is 11.2 Å². The number of amides is 1. The number of oxime groups is 1. The van der Waals surface area contributed by atoms with Crippen LogP contribution in [0, 0.1) is 11.6 Å². The molecule has 2 rings (SSSR count). The smallest absolute Gasteiger partial charge is 0.227 e. The Labute approximate surface area is 109 Å². The predicted octanol–water partition coefficient (Wildman–Crippen LogP) is 1.96. The van der Waals surface area contributed by atoms with Gasteiger partial charge in [-0.05, 0) is 12.1 Å². The maximum absolute atomic E-state index is 13.4. The van der Waals surface area contributed by atoms with Gasteiger partial charge in [0.1, 0.15) is 11.6 Å². The minimum Gasteiger partial charge on any atom is -0.411 e. The first-order chi connectivity index (χ1) is 9.11. The second-order valence-electron chi connectivity index (χ2n) is 4.42. The lowest BCUT2D eigenvalue weighted by molar-refractivity contribution is -0.130.